The van der Waals surface area contributed by atoms with Gasteiger partial charge in [-0.15, -0.1) is 11.8 Å². The van der Waals surface area contributed by atoms with Crippen LogP contribution >= 0.6 is 11.8 Å². The molecule has 0 aliphatic carbocycles. The molecule has 106 valence electrons. The average molecular weight is 287 g/mol. The Kier molecular flexibility index (Phi) is 5.96. The van der Waals surface area contributed by atoms with Gasteiger partial charge in [-0.25, -0.2) is 0 Å². The molecular formula is C17H21NOS. The number of hydrogen-bond donors (Lipinski definition) is 1. The molecule has 20 heavy (non-hydrogen) atoms. The van der Waals surface area contributed by atoms with Gasteiger partial charge in [-0.2, -0.15) is 0 Å². The second kappa shape index (κ2) is 7.98. The highest BCUT2D eigenvalue weighted by molar-refractivity contribution is 7.99. The third kappa shape index (κ3) is 4.29. The minimum Gasteiger partial charge on any atom is -0.492 e. The van der Waals surface area contributed by atoms with E-state index in [-0.39, 0.29) is 6.04 Å². The van der Waals surface area contributed by atoms with Crippen LogP contribution in [0.25, 0.3) is 0 Å². The van der Waals surface area contributed by atoms with E-state index in [1.807, 2.05) is 30.3 Å². The third-order valence-electron chi connectivity index (χ3n) is 3.11. The molecule has 0 aliphatic rings. The fourth-order valence-corrected chi connectivity index (χ4v) is 2.72. The summed E-state index contributed by atoms with van der Waals surface area (Å²) < 4.78 is 5.88. The largest absolute Gasteiger partial charge is 0.492 e. The third-order valence-corrected chi connectivity index (χ3v) is 4.09. The van der Waals surface area contributed by atoms with Gasteiger partial charge in [-0.1, -0.05) is 43.3 Å². The van der Waals surface area contributed by atoms with Gasteiger partial charge in [0, 0.05) is 22.3 Å². The van der Waals surface area contributed by atoms with Gasteiger partial charge in [0.15, 0.2) is 0 Å². The van der Waals surface area contributed by atoms with Crippen molar-refractivity contribution in [1.29, 1.82) is 0 Å². The lowest BCUT2D eigenvalue weighted by Crippen LogP contribution is -2.11. The average Bonchev–Trinajstić information content (AvgIpc) is 2.52. The van der Waals surface area contributed by atoms with Crippen LogP contribution in [0, 0.1) is 0 Å². The molecule has 0 amide bonds. The zero-order valence-corrected chi connectivity index (χ0v) is 12.6. The SMILES string of the molecule is CC[C@@H](N)c1ccccc1OCCSc1ccccc1. The molecule has 2 N–H and O–H groups in total. The molecule has 2 aromatic carbocycles. The minimum absolute atomic E-state index is 0.0491. The van der Waals surface area contributed by atoms with Crippen LogP contribution in [0.15, 0.2) is 59.5 Å². The van der Waals surface area contributed by atoms with Crippen LogP contribution < -0.4 is 10.5 Å². The van der Waals surface area contributed by atoms with Gasteiger partial charge in [0.25, 0.3) is 0 Å². The molecule has 2 rings (SSSR count). The molecule has 3 heteroatoms. The molecule has 0 bridgehead atoms. The van der Waals surface area contributed by atoms with Gasteiger partial charge < -0.3 is 10.5 Å². The number of ether oxygens (including phenoxy) is 1. The van der Waals surface area contributed by atoms with Crippen LogP contribution in [0.5, 0.6) is 5.75 Å². The maximum Gasteiger partial charge on any atom is 0.124 e. The van der Waals surface area contributed by atoms with Crippen LogP contribution in [0.2, 0.25) is 0 Å². The molecule has 2 nitrogen and oxygen atoms in total. The molecular weight excluding hydrogens is 266 g/mol. The molecule has 0 saturated heterocycles. The molecule has 0 fully saturated rings. The summed E-state index contributed by atoms with van der Waals surface area (Å²) in [4.78, 5) is 1.27. The van der Waals surface area contributed by atoms with Crippen LogP contribution in [0.3, 0.4) is 0 Å². The van der Waals surface area contributed by atoms with Crippen molar-refractivity contribution in [2.75, 3.05) is 12.4 Å². The number of para-hydroxylation sites is 1. The van der Waals surface area contributed by atoms with Crippen molar-refractivity contribution in [1.82, 2.24) is 0 Å². The number of rotatable bonds is 7. The summed E-state index contributed by atoms with van der Waals surface area (Å²) in [5, 5.41) is 0. The summed E-state index contributed by atoms with van der Waals surface area (Å²) in [6.45, 7) is 2.78. The lowest BCUT2D eigenvalue weighted by atomic mass is 10.0. The fourth-order valence-electron chi connectivity index (χ4n) is 1.97. The molecule has 2 aromatic rings. The van der Waals surface area contributed by atoms with E-state index in [4.69, 9.17) is 10.5 Å². The highest BCUT2D eigenvalue weighted by Crippen LogP contribution is 2.26. The summed E-state index contributed by atoms with van der Waals surface area (Å²) in [5.41, 5.74) is 7.20. The number of benzene rings is 2. The van der Waals surface area contributed by atoms with E-state index in [9.17, 15) is 0 Å². The van der Waals surface area contributed by atoms with E-state index in [2.05, 4.69) is 31.2 Å². The summed E-state index contributed by atoms with van der Waals surface area (Å²) in [7, 11) is 0. The van der Waals surface area contributed by atoms with Crippen molar-refractivity contribution in [2.45, 2.75) is 24.3 Å². The van der Waals surface area contributed by atoms with Crippen molar-refractivity contribution in [3.8, 4) is 5.75 Å². The highest BCUT2D eigenvalue weighted by Gasteiger charge is 2.09. The summed E-state index contributed by atoms with van der Waals surface area (Å²) >= 11 is 1.80. The van der Waals surface area contributed by atoms with E-state index < -0.39 is 0 Å². The minimum atomic E-state index is 0.0491. The lowest BCUT2D eigenvalue weighted by Gasteiger charge is -2.15. The van der Waals surface area contributed by atoms with E-state index >= 15 is 0 Å². The zero-order chi connectivity index (χ0) is 14.2. The topological polar surface area (TPSA) is 35.2 Å². The molecule has 0 radical (unpaired) electrons. The second-order valence-electron chi connectivity index (χ2n) is 4.56. The summed E-state index contributed by atoms with van der Waals surface area (Å²) in [6, 6.07) is 18.5. The Labute approximate surface area is 125 Å². The quantitative estimate of drug-likeness (QED) is 0.610. The Morgan fingerprint density at radius 3 is 2.50 bits per heavy atom. The van der Waals surface area contributed by atoms with Gasteiger partial charge in [-0.05, 0) is 24.6 Å². The first kappa shape index (κ1) is 14.9. The summed E-state index contributed by atoms with van der Waals surface area (Å²) in [6.07, 6.45) is 0.916. The predicted molar refractivity (Wildman–Crippen MR) is 86.3 cm³/mol. The first-order chi connectivity index (χ1) is 9.81. The Balaban J connectivity index is 1.85. The van der Waals surface area contributed by atoms with Crippen molar-refractivity contribution in [3.63, 3.8) is 0 Å². The predicted octanol–water partition coefficient (Wildman–Crippen LogP) is 4.27. The maximum absolute atomic E-state index is 6.11. The first-order valence-electron chi connectivity index (χ1n) is 6.96. The second-order valence-corrected chi connectivity index (χ2v) is 5.73. The van der Waals surface area contributed by atoms with E-state index in [0.717, 1.165) is 23.5 Å². The van der Waals surface area contributed by atoms with E-state index in [0.29, 0.717) is 6.61 Å². The first-order valence-corrected chi connectivity index (χ1v) is 7.95. The Morgan fingerprint density at radius 1 is 1.05 bits per heavy atom. The van der Waals surface area contributed by atoms with Gasteiger partial charge in [0.05, 0.1) is 6.61 Å². The van der Waals surface area contributed by atoms with Gasteiger partial charge in [-0.3, -0.25) is 0 Å². The molecule has 0 saturated carbocycles. The lowest BCUT2D eigenvalue weighted by molar-refractivity contribution is 0.337. The number of thioether (sulfide) groups is 1. The molecule has 0 aliphatic heterocycles. The fraction of sp³-hybridized carbons (Fsp3) is 0.294. The van der Waals surface area contributed by atoms with Crippen LogP contribution in [0.4, 0.5) is 0 Å². The molecule has 0 aromatic heterocycles. The van der Waals surface area contributed by atoms with Crippen LogP contribution in [0.1, 0.15) is 24.9 Å². The van der Waals surface area contributed by atoms with Gasteiger partial charge in [0.1, 0.15) is 5.75 Å². The van der Waals surface area contributed by atoms with Gasteiger partial charge in [0.2, 0.25) is 0 Å². The van der Waals surface area contributed by atoms with Crippen LogP contribution in [-0.4, -0.2) is 12.4 Å². The van der Waals surface area contributed by atoms with Crippen molar-refractivity contribution in [3.05, 3.63) is 60.2 Å². The van der Waals surface area contributed by atoms with Crippen molar-refractivity contribution in [2.24, 2.45) is 5.73 Å². The smallest absolute Gasteiger partial charge is 0.124 e. The maximum atomic E-state index is 6.11. The van der Waals surface area contributed by atoms with E-state index in [1.54, 1.807) is 11.8 Å². The monoisotopic (exact) mass is 287 g/mol. The molecule has 0 unspecified atom stereocenters. The standard InChI is InChI=1S/C17H21NOS/c1-2-16(18)15-10-6-7-11-17(15)19-12-13-20-14-8-4-3-5-9-14/h3-11,16H,2,12-13,18H2,1H3/t16-/m1/s1. The summed E-state index contributed by atoms with van der Waals surface area (Å²) in [5.74, 6) is 1.84. The number of nitrogens with two attached hydrogens (primary N) is 1. The Hall–Kier alpha value is -1.45. The Bertz CT molecular complexity index is 515. The van der Waals surface area contributed by atoms with Crippen LogP contribution in [-0.2, 0) is 0 Å². The van der Waals surface area contributed by atoms with Crippen molar-refractivity contribution < 1.29 is 4.74 Å². The van der Waals surface area contributed by atoms with Gasteiger partial charge >= 0.3 is 0 Å². The normalized spacial score (nSPS) is 12.1. The molecule has 1 atom stereocenters. The molecule has 0 spiro atoms. The highest BCUT2D eigenvalue weighted by atomic mass is 32.2. The molecule has 0 heterocycles. The van der Waals surface area contributed by atoms with Crippen molar-refractivity contribution >= 4 is 11.8 Å². The number of hydrogen-bond acceptors (Lipinski definition) is 3. The van der Waals surface area contributed by atoms with E-state index in [1.165, 1.54) is 4.90 Å². The Morgan fingerprint density at radius 2 is 1.75 bits per heavy atom. The zero-order valence-electron chi connectivity index (χ0n) is 11.8.